The van der Waals surface area contributed by atoms with Crippen LogP contribution in [0.4, 0.5) is 11.4 Å². The van der Waals surface area contributed by atoms with E-state index in [1.165, 1.54) is 37.9 Å². The van der Waals surface area contributed by atoms with E-state index in [1.807, 2.05) is 0 Å². The van der Waals surface area contributed by atoms with Gasteiger partial charge in [0, 0.05) is 25.2 Å². The lowest BCUT2D eigenvalue weighted by molar-refractivity contribution is -0.384. The molecule has 0 saturated heterocycles. The molecule has 0 fully saturated rings. The van der Waals surface area contributed by atoms with Crippen molar-refractivity contribution in [3.05, 3.63) is 45.5 Å². The summed E-state index contributed by atoms with van der Waals surface area (Å²) < 4.78 is 0. The topological polar surface area (TPSA) is 84.3 Å². The maximum Gasteiger partial charge on any atom is 0.293 e. The predicted octanol–water partition coefficient (Wildman–Crippen LogP) is 3.65. The number of amides is 1. The number of anilines is 1. The van der Waals surface area contributed by atoms with Gasteiger partial charge in [0.15, 0.2) is 0 Å². The molecule has 1 aromatic carbocycles. The van der Waals surface area contributed by atoms with Crippen molar-refractivity contribution in [3.8, 4) is 0 Å². The summed E-state index contributed by atoms with van der Waals surface area (Å²) in [5, 5.41) is 16.8. The first-order chi connectivity index (χ1) is 11.1. The summed E-state index contributed by atoms with van der Waals surface area (Å²) in [5.74, 6) is -0.330. The molecule has 1 aliphatic carbocycles. The first-order valence-electron chi connectivity index (χ1n) is 8.04. The van der Waals surface area contributed by atoms with Crippen LogP contribution in [0.5, 0.6) is 0 Å². The molecule has 6 heteroatoms. The van der Waals surface area contributed by atoms with Crippen molar-refractivity contribution < 1.29 is 9.72 Å². The van der Waals surface area contributed by atoms with Crippen molar-refractivity contribution in [2.45, 2.75) is 38.5 Å². The zero-order valence-electron chi connectivity index (χ0n) is 13.4. The highest BCUT2D eigenvalue weighted by atomic mass is 16.6. The molecular formula is C17H23N3O3. The van der Waals surface area contributed by atoms with E-state index in [1.54, 1.807) is 12.1 Å². The molecule has 2 rings (SSSR count). The van der Waals surface area contributed by atoms with Crippen LogP contribution >= 0.6 is 0 Å². The third kappa shape index (κ3) is 4.81. The predicted molar refractivity (Wildman–Crippen MR) is 90.8 cm³/mol. The smallest absolute Gasteiger partial charge is 0.293 e. The number of hydrogen-bond acceptors (Lipinski definition) is 4. The standard InChI is InChI=1S/C17H23N3O3/c1-18-17(21)14-8-9-15(16(12-14)20(22)23)19-11-10-13-6-4-2-3-5-7-13/h6,8-9,12,19H,2-5,7,10-11H2,1H3,(H,18,21). The molecule has 0 aromatic heterocycles. The molecule has 0 atom stereocenters. The van der Waals surface area contributed by atoms with Gasteiger partial charge in [-0.15, -0.1) is 0 Å². The number of carbonyl (C=O) groups excluding carboxylic acids is 1. The highest BCUT2D eigenvalue weighted by molar-refractivity contribution is 5.95. The summed E-state index contributed by atoms with van der Waals surface area (Å²) in [6.07, 6.45) is 9.22. The zero-order valence-corrected chi connectivity index (χ0v) is 13.4. The number of nitrogens with zero attached hydrogens (tertiary/aromatic N) is 1. The molecule has 0 spiro atoms. The average Bonchev–Trinajstić information content (AvgIpc) is 2.83. The maximum atomic E-state index is 11.6. The van der Waals surface area contributed by atoms with Crippen molar-refractivity contribution in [1.29, 1.82) is 0 Å². The SMILES string of the molecule is CNC(=O)c1ccc(NCCC2=CCCCCC2)c([N+](=O)[O-])c1. The van der Waals surface area contributed by atoms with Crippen molar-refractivity contribution >= 4 is 17.3 Å². The van der Waals surface area contributed by atoms with E-state index in [2.05, 4.69) is 16.7 Å². The Morgan fingerprint density at radius 2 is 2.13 bits per heavy atom. The molecular weight excluding hydrogens is 294 g/mol. The summed E-state index contributed by atoms with van der Waals surface area (Å²) >= 11 is 0. The van der Waals surface area contributed by atoms with Gasteiger partial charge in [-0.1, -0.05) is 18.1 Å². The molecule has 0 unspecified atom stereocenters. The van der Waals surface area contributed by atoms with E-state index in [-0.39, 0.29) is 17.2 Å². The van der Waals surface area contributed by atoms with Crippen LogP contribution < -0.4 is 10.6 Å². The molecule has 0 bridgehead atoms. The quantitative estimate of drug-likeness (QED) is 0.476. The lowest BCUT2D eigenvalue weighted by Gasteiger charge is -2.10. The van der Waals surface area contributed by atoms with Crippen LogP contribution in [0.3, 0.4) is 0 Å². The summed E-state index contributed by atoms with van der Waals surface area (Å²) in [6, 6.07) is 4.51. The van der Waals surface area contributed by atoms with Gasteiger partial charge in [-0.25, -0.2) is 0 Å². The van der Waals surface area contributed by atoms with Gasteiger partial charge in [0.1, 0.15) is 5.69 Å². The Morgan fingerprint density at radius 1 is 1.30 bits per heavy atom. The monoisotopic (exact) mass is 317 g/mol. The highest BCUT2D eigenvalue weighted by Gasteiger charge is 2.17. The summed E-state index contributed by atoms with van der Waals surface area (Å²) in [5.41, 5.74) is 2.11. The molecule has 1 amide bonds. The van der Waals surface area contributed by atoms with Crippen LogP contribution in [0.15, 0.2) is 29.8 Å². The summed E-state index contributed by atoms with van der Waals surface area (Å²) in [4.78, 5) is 22.4. The van der Waals surface area contributed by atoms with Crippen LogP contribution in [0.25, 0.3) is 0 Å². The molecule has 6 nitrogen and oxygen atoms in total. The van der Waals surface area contributed by atoms with Gasteiger partial charge in [-0.2, -0.15) is 0 Å². The van der Waals surface area contributed by atoms with Crippen molar-refractivity contribution in [2.75, 3.05) is 18.9 Å². The minimum atomic E-state index is -0.459. The van der Waals surface area contributed by atoms with Crippen LogP contribution in [-0.2, 0) is 0 Å². The number of nitro groups is 1. The highest BCUT2D eigenvalue weighted by Crippen LogP contribution is 2.26. The largest absolute Gasteiger partial charge is 0.379 e. The van der Waals surface area contributed by atoms with Crippen LogP contribution in [-0.4, -0.2) is 24.4 Å². The average molecular weight is 317 g/mol. The van der Waals surface area contributed by atoms with Gasteiger partial charge in [-0.05, 0) is 44.2 Å². The van der Waals surface area contributed by atoms with Gasteiger partial charge in [-0.3, -0.25) is 14.9 Å². The number of allylic oxidation sites excluding steroid dienone is 1. The molecule has 0 aliphatic heterocycles. The van der Waals surface area contributed by atoms with E-state index in [0.717, 1.165) is 19.3 Å². The Bertz CT molecular complexity index is 611. The van der Waals surface area contributed by atoms with E-state index in [0.29, 0.717) is 12.2 Å². The first kappa shape index (κ1) is 17.0. The van der Waals surface area contributed by atoms with Crippen molar-refractivity contribution in [3.63, 3.8) is 0 Å². The number of benzene rings is 1. The van der Waals surface area contributed by atoms with Gasteiger partial charge < -0.3 is 10.6 Å². The summed E-state index contributed by atoms with van der Waals surface area (Å²) in [7, 11) is 1.50. The minimum Gasteiger partial charge on any atom is -0.379 e. The normalized spacial score (nSPS) is 14.6. The fourth-order valence-electron chi connectivity index (χ4n) is 2.78. The van der Waals surface area contributed by atoms with Gasteiger partial charge in [0.05, 0.1) is 4.92 Å². The second-order valence-electron chi connectivity index (χ2n) is 5.71. The van der Waals surface area contributed by atoms with Crippen LogP contribution in [0, 0.1) is 10.1 Å². The molecule has 1 aromatic rings. The number of rotatable bonds is 6. The molecule has 0 heterocycles. The molecule has 2 N–H and O–H groups in total. The van der Waals surface area contributed by atoms with Gasteiger partial charge in [0.2, 0.25) is 0 Å². The van der Waals surface area contributed by atoms with Gasteiger partial charge >= 0.3 is 0 Å². The van der Waals surface area contributed by atoms with Crippen LogP contribution in [0.1, 0.15) is 48.9 Å². The minimum absolute atomic E-state index is 0.0686. The summed E-state index contributed by atoms with van der Waals surface area (Å²) in [6.45, 7) is 0.659. The zero-order chi connectivity index (χ0) is 16.7. The molecule has 23 heavy (non-hydrogen) atoms. The molecule has 0 saturated carbocycles. The van der Waals surface area contributed by atoms with E-state index in [4.69, 9.17) is 0 Å². The fraction of sp³-hybridized carbons (Fsp3) is 0.471. The fourth-order valence-corrected chi connectivity index (χ4v) is 2.78. The Kier molecular flexibility index (Phi) is 6.14. The van der Waals surface area contributed by atoms with Crippen LogP contribution in [0.2, 0.25) is 0 Å². The van der Waals surface area contributed by atoms with Crippen molar-refractivity contribution in [1.82, 2.24) is 5.32 Å². The Morgan fingerprint density at radius 3 is 2.87 bits per heavy atom. The van der Waals surface area contributed by atoms with E-state index >= 15 is 0 Å². The third-order valence-electron chi connectivity index (χ3n) is 4.08. The number of hydrogen-bond donors (Lipinski definition) is 2. The lowest BCUT2D eigenvalue weighted by Crippen LogP contribution is -2.18. The second kappa shape index (κ2) is 8.31. The number of carbonyl (C=O) groups is 1. The lowest BCUT2D eigenvalue weighted by atomic mass is 10.1. The Hall–Kier alpha value is -2.37. The molecule has 1 aliphatic rings. The van der Waals surface area contributed by atoms with E-state index < -0.39 is 4.92 Å². The van der Waals surface area contributed by atoms with Gasteiger partial charge in [0.25, 0.3) is 11.6 Å². The molecule has 124 valence electrons. The Balaban J connectivity index is 2.02. The third-order valence-corrected chi connectivity index (χ3v) is 4.08. The Labute approximate surface area is 136 Å². The van der Waals surface area contributed by atoms with E-state index in [9.17, 15) is 14.9 Å². The maximum absolute atomic E-state index is 11.6. The number of nitrogens with one attached hydrogen (secondary N) is 2. The number of nitro benzene ring substituents is 1. The first-order valence-corrected chi connectivity index (χ1v) is 8.04. The van der Waals surface area contributed by atoms with Crippen molar-refractivity contribution in [2.24, 2.45) is 0 Å². The molecule has 0 radical (unpaired) electrons. The second-order valence-corrected chi connectivity index (χ2v) is 5.71.